The Balaban J connectivity index is 2.33. The summed E-state index contributed by atoms with van der Waals surface area (Å²) < 4.78 is 15.3. The van der Waals surface area contributed by atoms with Crippen molar-refractivity contribution in [3.8, 4) is 17.1 Å². The van der Waals surface area contributed by atoms with Crippen LogP contribution in [-0.2, 0) is 6.54 Å². The summed E-state index contributed by atoms with van der Waals surface area (Å²) >= 11 is 0. The molecule has 0 atom stereocenters. The van der Waals surface area contributed by atoms with E-state index in [4.69, 9.17) is 5.73 Å². The molecule has 0 radical (unpaired) electrons. The summed E-state index contributed by atoms with van der Waals surface area (Å²) in [4.78, 5) is 4.48. The van der Waals surface area contributed by atoms with Gasteiger partial charge in [-0.25, -0.2) is 9.37 Å². The van der Waals surface area contributed by atoms with E-state index in [0.717, 1.165) is 0 Å². The Hall–Kier alpha value is -2.56. The minimum Gasteiger partial charge on any atom is -0.505 e. The first-order valence-electron chi connectivity index (χ1n) is 6.35. The van der Waals surface area contributed by atoms with Crippen molar-refractivity contribution in [1.29, 1.82) is 0 Å². The molecule has 0 saturated heterocycles. The molecule has 1 heterocycles. The smallest absolute Gasteiger partial charge is 0.149 e. The number of aromatic hydroxyl groups is 1. The quantitative estimate of drug-likeness (QED) is 0.556. The normalized spacial score (nSPS) is 11.1. The molecule has 1 aromatic heterocycles. The largest absolute Gasteiger partial charge is 0.505 e. The standard InChI is InChI=1S/C15H14FN3O/c1-2-19-13-8-9(16)6-7-12(13)18-15(19)10-4-3-5-11(17)14(10)20/h3-8,20H,2,17H2,1H3. The Labute approximate surface area is 115 Å². The highest BCUT2D eigenvalue weighted by molar-refractivity contribution is 5.83. The maximum Gasteiger partial charge on any atom is 0.149 e. The van der Waals surface area contributed by atoms with Crippen LogP contribution in [0.2, 0.25) is 0 Å². The molecule has 5 heteroatoms. The van der Waals surface area contributed by atoms with Crippen LogP contribution in [0.15, 0.2) is 36.4 Å². The highest BCUT2D eigenvalue weighted by atomic mass is 19.1. The van der Waals surface area contributed by atoms with Crippen molar-refractivity contribution in [2.45, 2.75) is 13.5 Å². The van der Waals surface area contributed by atoms with Crippen LogP contribution in [0.25, 0.3) is 22.4 Å². The summed E-state index contributed by atoms with van der Waals surface area (Å²) in [7, 11) is 0. The van der Waals surface area contributed by atoms with Crippen molar-refractivity contribution in [2.75, 3.05) is 5.73 Å². The second kappa shape index (κ2) is 4.52. The predicted molar refractivity (Wildman–Crippen MR) is 76.9 cm³/mol. The third kappa shape index (κ3) is 1.79. The zero-order valence-electron chi connectivity index (χ0n) is 11.0. The molecule has 20 heavy (non-hydrogen) atoms. The molecule has 0 spiro atoms. The average Bonchev–Trinajstić information content (AvgIpc) is 2.79. The van der Waals surface area contributed by atoms with Crippen LogP contribution in [0.1, 0.15) is 6.92 Å². The van der Waals surface area contributed by atoms with Gasteiger partial charge in [-0.1, -0.05) is 6.07 Å². The Bertz CT molecular complexity index is 795. The van der Waals surface area contributed by atoms with E-state index in [9.17, 15) is 9.50 Å². The van der Waals surface area contributed by atoms with Gasteiger partial charge in [-0.15, -0.1) is 0 Å². The van der Waals surface area contributed by atoms with Crippen molar-refractivity contribution in [2.24, 2.45) is 0 Å². The monoisotopic (exact) mass is 271 g/mol. The number of nitrogen functional groups attached to an aromatic ring is 1. The number of halogens is 1. The Morgan fingerprint density at radius 3 is 2.85 bits per heavy atom. The fourth-order valence-corrected chi connectivity index (χ4v) is 2.36. The number of phenolic OH excluding ortho intramolecular Hbond substituents is 1. The van der Waals surface area contributed by atoms with Gasteiger partial charge in [0.1, 0.15) is 17.4 Å². The number of imidazole rings is 1. The molecule has 2 aromatic carbocycles. The number of hydrogen-bond donors (Lipinski definition) is 2. The zero-order chi connectivity index (χ0) is 14.3. The number of phenols is 1. The van der Waals surface area contributed by atoms with E-state index in [1.807, 2.05) is 11.5 Å². The van der Waals surface area contributed by atoms with Crippen LogP contribution in [0, 0.1) is 5.82 Å². The van der Waals surface area contributed by atoms with E-state index in [0.29, 0.717) is 34.7 Å². The molecule has 102 valence electrons. The van der Waals surface area contributed by atoms with Crippen LogP contribution in [0.5, 0.6) is 5.75 Å². The summed E-state index contributed by atoms with van der Waals surface area (Å²) in [5, 5.41) is 10.1. The summed E-state index contributed by atoms with van der Waals surface area (Å²) in [5.74, 6) is 0.270. The lowest BCUT2D eigenvalue weighted by atomic mass is 10.1. The molecule has 0 aliphatic rings. The summed E-state index contributed by atoms with van der Waals surface area (Å²) in [6.07, 6.45) is 0. The van der Waals surface area contributed by atoms with Gasteiger partial charge in [-0.3, -0.25) is 0 Å². The summed E-state index contributed by atoms with van der Waals surface area (Å²) in [5.41, 5.74) is 7.94. The predicted octanol–water partition coefficient (Wildman–Crippen LogP) is 3.15. The van der Waals surface area contributed by atoms with Crippen LogP contribution >= 0.6 is 0 Å². The van der Waals surface area contributed by atoms with Gasteiger partial charge >= 0.3 is 0 Å². The summed E-state index contributed by atoms with van der Waals surface area (Å²) in [6, 6.07) is 9.57. The molecule has 4 nitrogen and oxygen atoms in total. The van der Waals surface area contributed by atoms with Gasteiger partial charge < -0.3 is 15.4 Å². The van der Waals surface area contributed by atoms with Gasteiger partial charge in [-0.05, 0) is 37.3 Å². The third-order valence-electron chi connectivity index (χ3n) is 3.33. The van der Waals surface area contributed by atoms with Gasteiger partial charge in [0.15, 0.2) is 0 Å². The number of nitrogens with zero attached hydrogens (tertiary/aromatic N) is 2. The first-order valence-corrected chi connectivity index (χ1v) is 6.35. The molecule has 0 saturated carbocycles. The Morgan fingerprint density at radius 2 is 2.10 bits per heavy atom. The molecular formula is C15H14FN3O. The third-order valence-corrected chi connectivity index (χ3v) is 3.33. The van der Waals surface area contributed by atoms with Crippen LogP contribution in [-0.4, -0.2) is 14.7 Å². The maximum absolute atomic E-state index is 13.4. The Morgan fingerprint density at radius 1 is 1.30 bits per heavy atom. The number of aryl methyl sites for hydroxylation is 1. The molecule has 0 aliphatic carbocycles. The van der Waals surface area contributed by atoms with E-state index >= 15 is 0 Å². The van der Waals surface area contributed by atoms with Gasteiger partial charge in [0.25, 0.3) is 0 Å². The highest BCUT2D eigenvalue weighted by Gasteiger charge is 2.16. The molecular weight excluding hydrogens is 257 g/mol. The highest BCUT2D eigenvalue weighted by Crippen LogP contribution is 2.34. The SMILES string of the molecule is CCn1c(-c2cccc(N)c2O)nc2ccc(F)cc21. The van der Waals surface area contributed by atoms with Gasteiger partial charge in [0.05, 0.1) is 22.3 Å². The minimum atomic E-state index is -0.310. The molecule has 0 aliphatic heterocycles. The number of hydrogen-bond acceptors (Lipinski definition) is 3. The fraction of sp³-hybridized carbons (Fsp3) is 0.133. The summed E-state index contributed by atoms with van der Waals surface area (Å²) in [6.45, 7) is 2.56. The average molecular weight is 271 g/mol. The lowest BCUT2D eigenvalue weighted by Crippen LogP contribution is -1.98. The molecule has 3 aromatic rings. The van der Waals surface area contributed by atoms with Crippen molar-refractivity contribution in [3.63, 3.8) is 0 Å². The van der Waals surface area contributed by atoms with Gasteiger partial charge in [0.2, 0.25) is 0 Å². The molecule has 0 fully saturated rings. The second-order valence-electron chi connectivity index (χ2n) is 4.56. The van der Waals surface area contributed by atoms with E-state index in [2.05, 4.69) is 4.98 Å². The molecule has 0 bridgehead atoms. The van der Waals surface area contributed by atoms with Crippen LogP contribution in [0.4, 0.5) is 10.1 Å². The topological polar surface area (TPSA) is 64.1 Å². The number of aromatic nitrogens is 2. The van der Waals surface area contributed by atoms with Gasteiger partial charge in [-0.2, -0.15) is 0 Å². The number of rotatable bonds is 2. The first-order chi connectivity index (χ1) is 9.61. The van der Waals surface area contributed by atoms with Crippen molar-refractivity contribution < 1.29 is 9.50 Å². The van der Waals surface area contributed by atoms with Crippen LogP contribution < -0.4 is 5.73 Å². The maximum atomic E-state index is 13.4. The van der Waals surface area contributed by atoms with Crippen molar-refractivity contribution >= 4 is 16.7 Å². The number of benzene rings is 2. The number of fused-ring (bicyclic) bond motifs is 1. The fourth-order valence-electron chi connectivity index (χ4n) is 2.36. The molecule has 0 amide bonds. The van der Waals surface area contributed by atoms with E-state index < -0.39 is 0 Å². The van der Waals surface area contributed by atoms with Crippen LogP contribution in [0.3, 0.4) is 0 Å². The molecule has 0 unspecified atom stereocenters. The Kier molecular flexibility index (Phi) is 2.82. The van der Waals surface area contributed by atoms with E-state index in [1.54, 1.807) is 24.3 Å². The zero-order valence-corrected chi connectivity index (χ0v) is 11.0. The lowest BCUT2D eigenvalue weighted by molar-refractivity contribution is 0.479. The number of anilines is 1. The number of para-hydroxylation sites is 1. The molecule has 3 N–H and O–H groups in total. The van der Waals surface area contributed by atoms with Crippen molar-refractivity contribution in [3.05, 3.63) is 42.2 Å². The lowest BCUT2D eigenvalue weighted by Gasteiger charge is -2.09. The van der Waals surface area contributed by atoms with Gasteiger partial charge in [0, 0.05) is 6.54 Å². The van der Waals surface area contributed by atoms with E-state index in [-0.39, 0.29) is 11.6 Å². The van der Waals surface area contributed by atoms with Crippen molar-refractivity contribution in [1.82, 2.24) is 9.55 Å². The second-order valence-corrected chi connectivity index (χ2v) is 4.56. The first kappa shape index (κ1) is 12.5. The number of nitrogens with two attached hydrogens (primary N) is 1. The molecule has 3 rings (SSSR count). The van der Waals surface area contributed by atoms with E-state index in [1.165, 1.54) is 12.1 Å². The minimum absolute atomic E-state index is 0.00187.